The predicted molar refractivity (Wildman–Crippen MR) is 79.9 cm³/mol. The molecule has 0 spiro atoms. The first-order chi connectivity index (χ1) is 9.47. The van der Waals surface area contributed by atoms with E-state index in [-0.39, 0.29) is 12.5 Å². The SMILES string of the molecule is Cc1ccc(CNC(=O)NCCC(C)CCC(=O)O)s1. The second-order valence-corrected chi connectivity index (χ2v) is 6.32. The Morgan fingerprint density at radius 1 is 1.30 bits per heavy atom. The van der Waals surface area contributed by atoms with Crippen molar-refractivity contribution in [1.29, 1.82) is 0 Å². The largest absolute Gasteiger partial charge is 0.481 e. The number of urea groups is 1. The standard InChI is InChI=1S/C14H22N2O3S/c1-10(3-6-13(17)18)7-8-15-14(19)16-9-12-5-4-11(2)20-12/h4-5,10H,3,6-9H2,1-2H3,(H,17,18)(H2,15,16,19). The molecule has 0 aliphatic carbocycles. The van der Waals surface area contributed by atoms with Gasteiger partial charge in [0.1, 0.15) is 0 Å². The molecule has 1 aromatic rings. The van der Waals surface area contributed by atoms with Crippen molar-refractivity contribution in [2.24, 2.45) is 5.92 Å². The first-order valence-corrected chi connectivity index (χ1v) is 7.58. The molecule has 2 amide bonds. The van der Waals surface area contributed by atoms with E-state index in [4.69, 9.17) is 5.11 Å². The van der Waals surface area contributed by atoms with E-state index >= 15 is 0 Å². The topological polar surface area (TPSA) is 78.4 Å². The maximum Gasteiger partial charge on any atom is 0.315 e. The second kappa shape index (κ2) is 8.58. The molecule has 1 heterocycles. The molecule has 0 saturated heterocycles. The van der Waals surface area contributed by atoms with Crippen LogP contribution in [0.2, 0.25) is 0 Å². The minimum Gasteiger partial charge on any atom is -0.481 e. The van der Waals surface area contributed by atoms with Crippen LogP contribution in [0.25, 0.3) is 0 Å². The van der Waals surface area contributed by atoms with Gasteiger partial charge in [0.2, 0.25) is 0 Å². The van der Waals surface area contributed by atoms with Crippen molar-refractivity contribution in [3.8, 4) is 0 Å². The lowest BCUT2D eigenvalue weighted by Crippen LogP contribution is -2.35. The van der Waals surface area contributed by atoms with E-state index in [1.807, 2.05) is 26.0 Å². The molecule has 1 rings (SSSR count). The summed E-state index contributed by atoms with van der Waals surface area (Å²) in [6.45, 7) is 5.14. The molecule has 20 heavy (non-hydrogen) atoms. The highest BCUT2D eigenvalue weighted by Crippen LogP contribution is 2.14. The number of carbonyl (C=O) groups excluding carboxylic acids is 1. The number of aliphatic carboxylic acids is 1. The number of amides is 2. The second-order valence-electron chi connectivity index (χ2n) is 4.95. The van der Waals surface area contributed by atoms with E-state index in [1.165, 1.54) is 4.88 Å². The number of nitrogens with one attached hydrogen (secondary N) is 2. The van der Waals surface area contributed by atoms with Crippen molar-refractivity contribution >= 4 is 23.3 Å². The van der Waals surface area contributed by atoms with Crippen LogP contribution in [-0.2, 0) is 11.3 Å². The molecule has 3 N–H and O–H groups in total. The zero-order chi connectivity index (χ0) is 15.0. The van der Waals surface area contributed by atoms with E-state index in [9.17, 15) is 9.59 Å². The van der Waals surface area contributed by atoms with Crippen LogP contribution in [0.15, 0.2) is 12.1 Å². The van der Waals surface area contributed by atoms with Gasteiger partial charge in [-0.05, 0) is 37.8 Å². The van der Waals surface area contributed by atoms with Crippen LogP contribution >= 0.6 is 11.3 Å². The van der Waals surface area contributed by atoms with Crippen molar-refractivity contribution in [2.45, 2.75) is 39.7 Å². The number of aryl methyl sites for hydroxylation is 1. The lowest BCUT2D eigenvalue weighted by atomic mass is 10.0. The third-order valence-electron chi connectivity index (χ3n) is 2.99. The van der Waals surface area contributed by atoms with E-state index in [0.29, 0.717) is 25.4 Å². The smallest absolute Gasteiger partial charge is 0.315 e. The summed E-state index contributed by atoms with van der Waals surface area (Å²) in [5.41, 5.74) is 0. The summed E-state index contributed by atoms with van der Waals surface area (Å²) in [6.07, 6.45) is 1.62. The third-order valence-corrected chi connectivity index (χ3v) is 3.99. The van der Waals surface area contributed by atoms with Crippen molar-refractivity contribution in [3.05, 3.63) is 21.9 Å². The van der Waals surface area contributed by atoms with Crippen molar-refractivity contribution in [3.63, 3.8) is 0 Å². The molecule has 1 unspecified atom stereocenters. The summed E-state index contributed by atoms with van der Waals surface area (Å²) in [7, 11) is 0. The van der Waals surface area contributed by atoms with E-state index in [1.54, 1.807) is 11.3 Å². The quantitative estimate of drug-likeness (QED) is 0.690. The van der Waals surface area contributed by atoms with Crippen molar-refractivity contribution < 1.29 is 14.7 Å². The van der Waals surface area contributed by atoms with Crippen LogP contribution in [0.5, 0.6) is 0 Å². The molecule has 0 radical (unpaired) electrons. The van der Waals surface area contributed by atoms with Gasteiger partial charge in [-0.15, -0.1) is 11.3 Å². The summed E-state index contributed by atoms with van der Waals surface area (Å²) in [6, 6.07) is 3.86. The van der Waals surface area contributed by atoms with Crippen LogP contribution in [0.4, 0.5) is 4.79 Å². The van der Waals surface area contributed by atoms with Gasteiger partial charge >= 0.3 is 12.0 Å². The normalized spacial score (nSPS) is 11.9. The molecule has 0 aromatic carbocycles. The number of carboxylic acids is 1. The number of carbonyl (C=O) groups is 2. The van der Waals surface area contributed by atoms with Crippen LogP contribution in [0, 0.1) is 12.8 Å². The van der Waals surface area contributed by atoms with Crippen LogP contribution in [0.1, 0.15) is 35.9 Å². The van der Waals surface area contributed by atoms with Gasteiger partial charge in [0.15, 0.2) is 0 Å². The highest BCUT2D eigenvalue weighted by Gasteiger charge is 2.07. The van der Waals surface area contributed by atoms with Gasteiger partial charge in [0.25, 0.3) is 0 Å². The molecular weight excluding hydrogens is 276 g/mol. The Morgan fingerprint density at radius 2 is 2.05 bits per heavy atom. The molecule has 0 aliphatic rings. The Morgan fingerprint density at radius 3 is 2.65 bits per heavy atom. The Labute approximate surface area is 123 Å². The van der Waals surface area contributed by atoms with Crippen LogP contribution < -0.4 is 10.6 Å². The number of thiophene rings is 1. The molecule has 0 fully saturated rings. The highest BCUT2D eigenvalue weighted by atomic mass is 32.1. The summed E-state index contributed by atoms with van der Waals surface area (Å²) >= 11 is 1.67. The third kappa shape index (κ3) is 7.13. The van der Waals surface area contributed by atoms with Gasteiger partial charge in [0, 0.05) is 22.7 Å². The lowest BCUT2D eigenvalue weighted by molar-refractivity contribution is -0.137. The van der Waals surface area contributed by atoms with Crippen LogP contribution in [0.3, 0.4) is 0 Å². The summed E-state index contributed by atoms with van der Waals surface area (Å²) < 4.78 is 0. The zero-order valence-electron chi connectivity index (χ0n) is 11.9. The van der Waals surface area contributed by atoms with Crippen molar-refractivity contribution in [2.75, 3.05) is 6.54 Å². The number of hydrogen-bond donors (Lipinski definition) is 3. The monoisotopic (exact) mass is 298 g/mol. The van der Waals surface area contributed by atoms with Gasteiger partial charge in [-0.25, -0.2) is 4.79 Å². The van der Waals surface area contributed by atoms with Gasteiger partial charge in [-0.1, -0.05) is 6.92 Å². The molecule has 1 aromatic heterocycles. The Hall–Kier alpha value is -1.56. The number of hydrogen-bond acceptors (Lipinski definition) is 3. The Bertz CT molecular complexity index is 445. The highest BCUT2D eigenvalue weighted by molar-refractivity contribution is 7.11. The maximum atomic E-state index is 11.6. The molecule has 1 atom stereocenters. The molecule has 0 saturated carbocycles. The van der Waals surface area contributed by atoms with Crippen molar-refractivity contribution in [1.82, 2.24) is 10.6 Å². The van der Waals surface area contributed by atoms with Crippen LogP contribution in [-0.4, -0.2) is 23.7 Å². The first kappa shape index (κ1) is 16.5. The molecule has 0 bridgehead atoms. The molecule has 0 aliphatic heterocycles. The maximum absolute atomic E-state index is 11.6. The summed E-state index contributed by atoms with van der Waals surface area (Å²) in [5.74, 6) is -0.472. The van der Waals surface area contributed by atoms with Gasteiger partial charge in [0.05, 0.1) is 6.54 Å². The predicted octanol–water partition coefficient (Wildman–Crippen LogP) is 2.75. The van der Waals surface area contributed by atoms with E-state index in [0.717, 1.165) is 11.3 Å². The minimum atomic E-state index is -0.770. The van der Waals surface area contributed by atoms with Gasteiger partial charge in [-0.2, -0.15) is 0 Å². The van der Waals surface area contributed by atoms with E-state index < -0.39 is 5.97 Å². The first-order valence-electron chi connectivity index (χ1n) is 6.76. The average molecular weight is 298 g/mol. The summed E-state index contributed by atoms with van der Waals surface area (Å²) in [4.78, 5) is 24.4. The summed E-state index contributed by atoms with van der Waals surface area (Å²) in [5, 5.41) is 14.2. The lowest BCUT2D eigenvalue weighted by Gasteiger charge is -2.11. The average Bonchev–Trinajstić information content (AvgIpc) is 2.80. The number of carboxylic acid groups (broad SMARTS) is 1. The fraction of sp³-hybridized carbons (Fsp3) is 0.571. The fourth-order valence-electron chi connectivity index (χ4n) is 1.76. The minimum absolute atomic E-state index is 0.179. The van der Waals surface area contributed by atoms with Gasteiger partial charge in [-0.3, -0.25) is 4.79 Å². The van der Waals surface area contributed by atoms with Gasteiger partial charge < -0.3 is 15.7 Å². The zero-order valence-corrected chi connectivity index (χ0v) is 12.8. The van der Waals surface area contributed by atoms with E-state index in [2.05, 4.69) is 10.6 Å². The molecular formula is C14H22N2O3S. The number of rotatable bonds is 8. The fourth-order valence-corrected chi connectivity index (χ4v) is 2.59. The molecule has 6 heteroatoms. The molecule has 5 nitrogen and oxygen atoms in total. The Balaban J connectivity index is 2.09. The Kier molecular flexibility index (Phi) is 7.08. The molecule has 112 valence electrons.